The van der Waals surface area contributed by atoms with Crippen molar-refractivity contribution in [2.75, 3.05) is 41.3 Å². The SMILES string of the molecule is CN(CCCCc1ccccc1)S(=O)(=O)NC(CC(=O)O)C[N+](C)(C)C. The van der Waals surface area contributed by atoms with Gasteiger partial charge in [0, 0.05) is 13.6 Å². The van der Waals surface area contributed by atoms with Crippen molar-refractivity contribution in [2.45, 2.75) is 31.7 Å². The molecule has 2 N–H and O–H groups in total. The molecule has 0 heterocycles. The number of carbonyl (C=O) groups is 1. The number of likely N-dealkylation sites (N-methyl/N-ethyl adjacent to an activating group) is 1. The molecular formula is C18H32N3O4S+. The Kier molecular flexibility index (Phi) is 8.69. The van der Waals surface area contributed by atoms with Gasteiger partial charge in [-0.15, -0.1) is 0 Å². The van der Waals surface area contributed by atoms with Crippen LogP contribution < -0.4 is 4.72 Å². The maximum Gasteiger partial charge on any atom is 0.305 e. The van der Waals surface area contributed by atoms with Crippen molar-refractivity contribution in [3.05, 3.63) is 35.9 Å². The highest BCUT2D eigenvalue weighted by atomic mass is 32.2. The molecule has 0 amide bonds. The van der Waals surface area contributed by atoms with E-state index in [0.717, 1.165) is 19.3 Å². The lowest BCUT2D eigenvalue weighted by Crippen LogP contribution is -2.52. The van der Waals surface area contributed by atoms with Gasteiger partial charge in [-0.05, 0) is 24.8 Å². The third-order valence-corrected chi connectivity index (χ3v) is 5.58. The molecule has 1 aromatic rings. The summed E-state index contributed by atoms with van der Waals surface area (Å²) in [5.41, 5.74) is 1.24. The summed E-state index contributed by atoms with van der Waals surface area (Å²) in [7, 11) is 3.51. The standard InChI is InChI=1S/C18H31N3O4S/c1-20(13-9-8-12-16-10-6-5-7-11-16)26(24,25)19-17(14-18(22)23)15-21(2,3)4/h5-7,10-11,17,19H,8-9,12-15H2,1-4H3/p+1. The van der Waals surface area contributed by atoms with Crippen molar-refractivity contribution >= 4 is 16.2 Å². The topological polar surface area (TPSA) is 86.7 Å². The lowest BCUT2D eigenvalue weighted by Gasteiger charge is -2.30. The number of aryl methyl sites for hydroxylation is 1. The molecule has 0 saturated carbocycles. The predicted octanol–water partition coefficient (Wildman–Crippen LogP) is 1.33. The Morgan fingerprint density at radius 2 is 1.81 bits per heavy atom. The van der Waals surface area contributed by atoms with Crippen LogP contribution in [0.15, 0.2) is 30.3 Å². The molecule has 0 aromatic heterocycles. The number of hydrogen-bond donors (Lipinski definition) is 2. The van der Waals surface area contributed by atoms with Crippen LogP contribution >= 0.6 is 0 Å². The van der Waals surface area contributed by atoms with E-state index in [4.69, 9.17) is 5.11 Å². The number of quaternary nitrogens is 1. The molecule has 0 aliphatic rings. The molecule has 1 rings (SSSR count). The average molecular weight is 387 g/mol. The summed E-state index contributed by atoms with van der Waals surface area (Å²) in [6, 6.07) is 9.42. The number of benzene rings is 1. The molecule has 8 heteroatoms. The second kappa shape index (κ2) is 10.0. The number of carboxylic acid groups (broad SMARTS) is 1. The Bertz CT molecular complexity index is 657. The first-order chi connectivity index (χ1) is 12.0. The smallest absolute Gasteiger partial charge is 0.305 e. The van der Waals surface area contributed by atoms with Gasteiger partial charge in [0.25, 0.3) is 10.2 Å². The predicted molar refractivity (Wildman–Crippen MR) is 103 cm³/mol. The van der Waals surface area contributed by atoms with Crippen molar-refractivity contribution in [1.29, 1.82) is 0 Å². The van der Waals surface area contributed by atoms with Crippen LogP contribution in [0.25, 0.3) is 0 Å². The fraction of sp³-hybridized carbons (Fsp3) is 0.611. The van der Waals surface area contributed by atoms with E-state index < -0.39 is 22.2 Å². The van der Waals surface area contributed by atoms with Crippen LogP contribution in [0.4, 0.5) is 0 Å². The molecule has 1 unspecified atom stereocenters. The van der Waals surface area contributed by atoms with Gasteiger partial charge in [-0.1, -0.05) is 30.3 Å². The Labute approximate surface area is 157 Å². The van der Waals surface area contributed by atoms with E-state index >= 15 is 0 Å². The second-order valence-electron chi connectivity index (χ2n) is 7.65. The summed E-state index contributed by atoms with van der Waals surface area (Å²) < 4.78 is 29.3. The molecule has 0 saturated heterocycles. The summed E-state index contributed by atoms with van der Waals surface area (Å²) >= 11 is 0. The minimum Gasteiger partial charge on any atom is -0.481 e. The molecule has 7 nitrogen and oxygen atoms in total. The number of rotatable bonds is 12. The van der Waals surface area contributed by atoms with Gasteiger partial charge in [-0.3, -0.25) is 4.79 Å². The maximum atomic E-state index is 12.5. The molecule has 148 valence electrons. The second-order valence-corrected chi connectivity index (χ2v) is 9.46. The number of hydrogen-bond acceptors (Lipinski definition) is 3. The zero-order valence-electron chi connectivity index (χ0n) is 16.2. The lowest BCUT2D eigenvalue weighted by atomic mass is 10.1. The van der Waals surface area contributed by atoms with Gasteiger partial charge in [-0.25, -0.2) is 0 Å². The Morgan fingerprint density at radius 3 is 2.35 bits per heavy atom. The first-order valence-corrected chi connectivity index (χ1v) is 10.2. The first kappa shape index (κ1) is 22.6. The highest BCUT2D eigenvalue weighted by Crippen LogP contribution is 2.08. The molecule has 0 radical (unpaired) electrons. The molecular weight excluding hydrogens is 354 g/mol. The zero-order valence-corrected chi connectivity index (χ0v) is 17.0. The molecule has 0 aliphatic heterocycles. The van der Waals surface area contributed by atoms with Crippen LogP contribution in [0.2, 0.25) is 0 Å². The summed E-state index contributed by atoms with van der Waals surface area (Å²) in [4.78, 5) is 11.0. The van der Waals surface area contributed by atoms with E-state index in [9.17, 15) is 13.2 Å². The average Bonchev–Trinajstić information content (AvgIpc) is 2.49. The Balaban J connectivity index is 2.53. The van der Waals surface area contributed by atoms with E-state index in [1.807, 2.05) is 39.3 Å². The number of nitrogens with zero attached hydrogens (tertiary/aromatic N) is 2. The highest BCUT2D eigenvalue weighted by Gasteiger charge is 2.27. The van der Waals surface area contributed by atoms with Crippen LogP contribution in [-0.2, 0) is 21.4 Å². The van der Waals surface area contributed by atoms with E-state index in [1.165, 1.54) is 16.9 Å². The normalized spacial score (nSPS) is 13.7. The van der Waals surface area contributed by atoms with Crippen molar-refractivity contribution in [3.8, 4) is 0 Å². The van der Waals surface area contributed by atoms with Gasteiger partial charge in [0.05, 0.1) is 40.2 Å². The Morgan fingerprint density at radius 1 is 1.19 bits per heavy atom. The van der Waals surface area contributed by atoms with Gasteiger partial charge < -0.3 is 9.59 Å². The van der Waals surface area contributed by atoms with Crippen LogP contribution in [0.3, 0.4) is 0 Å². The van der Waals surface area contributed by atoms with Crippen LogP contribution in [0.5, 0.6) is 0 Å². The summed E-state index contributed by atoms with van der Waals surface area (Å²) in [5, 5.41) is 9.04. The molecule has 1 atom stereocenters. The van der Waals surface area contributed by atoms with E-state index in [-0.39, 0.29) is 6.42 Å². The van der Waals surface area contributed by atoms with Crippen LogP contribution in [0.1, 0.15) is 24.8 Å². The van der Waals surface area contributed by atoms with Gasteiger partial charge in [0.2, 0.25) is 0 Å². The van der Waals surface area contributed by atoms with Gasteiger partial charge in [-0.2, -0.15) is 17.4 Å². The maximum absolute atomic E-state index is 12.5. The minimum absolute atomic E-state index is 0.239. The zero-order chi connectivity index (χ0) is 19.8. The van der Waals surface area contributed by atoms with Crippen molar-refractivity contribution < 1.29 is 22.8 Å². The Hall–Kier alpha value is -1.48. The van der Waals surface area contributed by atoms with Crippen LogP contribution in [-0.4, -0.2) is 75.6 Å². The first-order valence-electron chi connectivity index (χ1n) is 8.79. The monoisotopic (exact) mass is 386 g/mol. The van der Waals surface area contributed by atoms with E-state index in [1.54, 1.807) is 0 Å². The summed E-state index contributed by atoms with van der Waals surface area (Å²) in [6.45, 7) is 0.791. The van der Waals surface area contributed by atoms with Crippen LogP contribution in [0, 0.1) is 0 Å². The fourth-order valence-corrected chi connectivity index (χ4v) is 3.87. The quantitative estimate of drug-likeness (QED) is 0.419. The number of unbranched alkanes of at least 4 members (excludes halogenated alkanes) is 1. The fourth-order valence-electron chi connectivity index (χ4n) is 2.74. The van der Waals surface area contributed by atoms with Gasteiger partial charge >= 0.3 is 5.97 Å². The number of aliphatic carboxylic acids is 1. The molecule has 26 heavy (non-hydrogen) atoms. The van der Waals surface area contributed by atoms with Gasteiger partial charge in [0.1, 0.15) is 0 Å². The van der Waals surface area contributed by atoms with Gasteiger partial charge in [0.15, 0.2) is 0 Å². The highest BCUT2D eigenvalue weighted by molar-refractivity contribution is 7.87. The third kappa shape index (κ3) is 9.28. The van der Waals surface area contributed by atoms with Crippen molar-refractivity contribution in [3.63, 3.8) is 0 Å². The number of nitrogens with one attached hydrogen (secondary N) is 1. The lowest BCUT2D eigenvalue weighted by molar-refractivity contribution is -0.871. The number of carboxylic acids is 1. The molecule has 0 fully saturated rings. The third-order valence-electron chi connectivity index (χ3n) is 3.95. The van der Waals surface area contributed by atoms with E-state index in [2.05, 4.69) is 16.9 Å². The summed E-state index contributed by atoms with van der Waals surface area (Å²) in [6.07, 6.45) is 2.30. The summed E-state index contributed by atoms with van der Waals surface area (Å²) in [5.74, 6) is -1.02. The molecule has 0 aliphatic carbocycles. The largest absolute Gasteiger partial charge is 0.481 e. The van der Waals surface area contributed by atoms with Crippen molar-refractivity contribution in [2.24, 2.45) is 0 Å². The minimum atomic E-state index is -3.71. The van der Waals surface area contributed by atoms with Crippen molar-refractivity contribution in [1.82, 2.24) is 9.03 Å². The molecule has 0 spiro atoms. The molecule has 1 aromatic carbocycles. The molecule has 0 bridgehead atoms. The van der Waals surface area contributed by atoms with E-state index in [0.29, 0.717) is 17.6 Å².